The Balaban J connectivity index is 2.17. The summed E-state index contributed by atoms with van der Waals surface area (Å²) in [6.45, 7) is 7.06. The SMILES string of the molecule is CC(C)(C)OC(=O)C1(C2(O)CCCNC2)CCC1. The third-order valence-electron chi connectivity index (χ3n) is 4.25. The van der Waals surface area contributed by atoms with Crippen LogP contribution in [0.4, 0.5) is 0 Å². The number of rotatable bonds is 2. The van der Waals surface area contributed by atoms with Crippen LogP contribution in [0.1, 0.15) is 52.9 Å². The summed E-state index contributed by atoms with van der Waals surface area (Å²) in [6, 6.07) is 0. The summed E-state index contributed by atoms with van der Waals surface area (Å²) in [4.78, 5) is 12.5. The van der Waals surface area contributed by atoms with Crippen molar-refractivity contribution in [2.24, 2.45) is 5.41 Å². The summed E-state index contributed by atoms with van der Waals surface area (Å²) >= 11 is 0. The van der Waals surface area contributed by atoms with Crippen LogP contribution in [0.3, 0.4) is 0 Å². The smallest absolute Gasteiger partial charge is 0.315 e. The van der Waals surface area contributed by atoms with Crippen molar-refractivity contribution in [1.82, 2.24) is 5.32 Å². The number of esters is 1. The fourth-order valence-electron chi connectivity index (χ4n) is 3.06. The topological polar surface area (TPSA) is 58.6 Å². The largest absolute Gasteiger partial charge is 0.459 e. The number of carbonyl (C=O) groups is 1. The number of ether oxygens (including phenoxy) is 1. The molecular formula is C14H25NO3. The van der Waals surface area contributed by atoms with Gasteiger partial charge in [0.25, 0.3) is 0 Å². The van der Waals surface area contributed by atoms with Gasteiger partial charge < -0.3 is 15.2 Å². The normalized spacial score (nSPS) is 31.6. The number of piperidine rings is 1. The molecule has 0 aromatic heterocycles. The quantitative estimate of drug-likeness (QED) is 0.736. The molecule has 4 nitrogen and oxygen atoms in total. The third-order valence-corrected chi connectivity index (χ3v) is 4.25. The second-order valence-corrected chi connectivity index (χ2v) is 6.75. The van der Waals surface area contributed by atoms with Crippen LogP contribution in [-0.2, 0) is 9.53 Å². The Kier molecular flexibility index (Phi) is 3.45. The van der Waals surface area contributed by atoms with Gasteiger partial charge in [-0.05, 0) is 53.0 Å². The van der Waals surface area contributed by atoms with E-state index in [1.54, 1.807) is 0 Å². The maximum atomic E-state index is 12.5. The fourth-order valence-corrected chi connectivity index (χ4v) is 3.06. The molecule has 2 aliphatic rings. The summed E-state index contributed by atoms with van der Waals surface area (Å²) in [5, 5.41) is 14.1. The summed E-state index contributed by atoms with van der Waals surface area (Å²) in [6.07, 6.45) is 4.11. The van der Waals surface area contributed by atoms with Gasteiger partial charge in [-0.2, -0.15) is 0 Å². The molecule has 18 heavy (non-hydrogen) atoms. The van der Waals surface area contributed by atoms with Gasteiger partial charge in [-0.3, -0.25) is 4.79 Å². The second-order valence-electron chi connectivity index (χ2n) is 6.75. The summed E-state index contributed by atoms with van der Waals surface area (Å²) in [5.74, 6) is -0.215. The number of β-amino-alcohol motifs (C(OH)–C–C–N with tert-alkyl or cyclic N) is 1. The van der Waals surface area contributed by atoms with Gasteiger partial charge >= 0.3 is 5.97 Å². The Bertz CT molecular complexity index is 322. The molecule has 0 radical (unpaired) electrons. The summed E-state index contributed by atoms with van der Waals surface area (Å²) in [5.41, 5.74) is -2.09. The fraction of sp³-hybridized carbons (Fsp3) is 0.929. The van der Waals surface area contributed by atoms with Crippen molar-refractivity contribution >= 4 is 5.97 Å². The molecule has 0 aromatic carbocycles. The highest BCUT2D eigenvalue weighted by atomic mass is 16.6. The lowest BCUT2D eigenvalue weighted by atomic mass is 9.56. The van der Waals surface area contributed by atoms with E-state index in [-0.39, 0.29) is 5.97 Å². The molecule has 1 aliphatic heterocycles. The zero-order valence-corrected chi connectivity index (χ0v) is 11.7. The lowest BCUT2D eigenvalue weighted by Gasteiger charge is -2.53. The van der Waals surface area contributed by atoms with E-state index in [2.05, 4.69) is 5.32 Å². The molecule has 0 aromatic rings. The van der Waals surface area contributed by atoms with Gasteiger partial charge in [-0.25, -0.2) is 0 Å². The van der Waals surface area contributed by atoms with E-state index >= 15 is 0 Å². The van der Waals surface area contributed by atoms with Crippen LogP contribution >= 0.6 is 0 Å². The molecule has 104 valence electrons. The molecule has 1 saturated heterocycles. The first kappa shape index (κ1) is 13.8. The standard InChI is InChI=1S/C14H25NO3/c1-12(2,3)18-11(16)13(6-4-7-13)14(17)8-5-9-15-10-14/h15,17H,4-10H2,1-3H3. The van der Waals surface area contributed by atoms with Crippen molar-refractivity contribution in [3.05, 3.63) is 0 Å². The van der Waals surface area contributed by atoms with Gasteiger partial charge in [0.05, 0.1) is 11.0 Å². The average molecular weight is 255 g/mol. The van der Waals surface area contributed by atoms with E-state index in [4.69, 9.17) is 4.74 Å². The molecule has 1 atom stereocenters. The second kappa shape index (κ2) is 4.49. The van der Waals surface area contributed by atoms with E-state index in [0.29, 0.717) is 13.0 Å². The average Bonchev–Trinajstić information content (AvgIpc) is 2.12. The lowest BCUT2D eigenvalue weighted by molar-refractivity contribution is -0.203. The van der Waals surface area contributed by atoms with Crippen molar-refractivity contribution in [2.45, 2.75) is 64.1 Å². The van der Waals surface area contributed by atoms with Crippen molar-refractivity contribution in [1.29, 1.82) is 0 Å². The highest BCUT2D eigenvalue weighted by molar-refractivity contribution is 5.80. The third kappa shape index (κ3) is 2.28. The van der Waals surface area contributed by atoms with Gasteiger partial charge in [0.15, 0.2) is 0 Å². The minimum Gasteiger partial charge on any atom is -0.459 e. The number of aliphatic hydroxyl groups is 1. The molecule has 2 fully saturated rings. The highest BCUT2D eigenvalue weighted by Gasteiger charge is 2.60. The van der Waals surface area contributed by atoms with Gasteiger partial charge in [0.2, 0.25) is 0 Å². The predicted octanol–water partition coefficient (Wildman–Crippen LogP) is 1.61. The zero-order valence-electron chi connectivity index (χ0n) is 11.7. The maximum Gasteiger partial charge on any atom is 0.315 e. The van der Waals surface area contributed by atoms with Crippen molar-refractivity contribution in [3.8, 4) is 0 Å². The van der Waals surface area contributed by atoms with Crippen LogP contribution in [-0.4, -0.2) is 35.4 Å². The molecule has 1 saturated carbocycles. The maximum absolute atomic E-state index is 12.5. The van der Waals surface area contributed by atoms with Crippen molar-refractivity contribution in [3.63, 3.8) is 0 Å². The molecule has 2 N–H and O–H groups in total. The lowest BCUT2D eigenvalue weighted by Crippen LogP contribution is -2.64. The van der Waals surface area contributed by atoms with E-state index in [0.717, 1.165) is 32.2 Å². The molecule has 0 bridgehead atoms. The van der Waals surface area contributed by atoms with E-state index in [1.165, 1.54) is 0 Å². The van der Waals surface area contributed by atoms with Crippen LogP contribution in [0.15, 0.2) is 0 Å². The van der Waals surface area contributed by atoms with Crippen LogP contribution < -0.4 is 5.32 Å². The van der Waals surface area contributed by atoms with Crippen LogP contribution in [0.2, 0.25) is 0 Å². The van der Waals surface area contributed by atoms with Crippen LogP contribution in [0.25, 0.3) is 0 Å². The van der Waals surface area contributed by atoms with Crippen molar-refractivity contribution < 1.29 is 14.6 Å². The zero-order chi connectivity index (χ0) is 13.4. The molecule has 1 heterocycles. The predicted molar refractivity (Wildman–Crippen MR) is 69.2 cm³/mol. The number of hydrogen-bond acceptors (Lipinski definition) is 4. The molecule has 4 heteroatoms. The Morgan fingerprint density at radius 1 is 1.22 bits per heavy atom. The van der Waals surface area contributed by atoms with E-state index in [1.807, 2.05) is 20.8 Å². The van der Waals surface area contributed by atoms with Gasteiger partial charge in [0, 0.05) is 6.54 Å². The molecule has 2 rings (SSSR count). The Labute approximate surface area is 109 Å². The Hall–Kier alpha value is -0.610. The molecule has 1 unspecified atom stereocenters. The van der Waals surface area contributed by atoms with E-state index < -0.39 is 16.6 Å². The van der Waals surface area contributed by atoms with E-state index in [9.17, 15) is 9.90 Å². The van der Waals surface area contributed by atoms with Crippen molar-refractivity contribution in [2.75, 3.05) is 13.1 Å². The minimum atomic E-state index is -0.925. The number of nitrogens with one attached hydrogen (secondary N) is 1. The van der Waals surface area contributed by atoms with Crippen LogP contribution in [0.5, 0.6) is 0 Å². The summed E-state index contributed by atoms with van der Waals surface area (Å²) < 4.78 is 5.54. The van der Waals surface area contributed by atoms with Gasteiger partial charge in [-0.15, -0.1) is 0 Å². The summed E-state index contributed by atoms with van der Waals surface area (Å²) in [7, 11) is 0. The molecule has 1 aliphatic carbocycles. The van der Waals surface area contributed by atoms with Gasteiger partial charge in [-0.1, -0.05) is 6.42 Å². The Morgan fingerprint density at radius 2 is 1.89 bits per heavy atom. The number of carbonyl (C=O) groups excluding carboxylic acids is 1. The first-order valence-electron chi connectivity index (χ1n) is 6.96. The molecule has 0 amide bonds. The number of hydrogen-bond donors (Lipinski definition) is 2. The monoisotopic (exact) mass is 255 g/mol. The molecule has 0 spiro atoms. The first-order chi connectivity index (χ1) is 8.29. The molecular weight excluding hydrogens is 230 g/mol. The van der Waals surface area contributed by atoms with Crippen LogP contribution in [0, 0.1) is 5.41 Å². The Morgan fingerprint density at radius 3 is 2.28 bits per heavy atom. The highest BCUT2D eigenvalue weighted by Crippen LogP contribution is 2.52. The first-order valence-corrected chi connectivity index (χ1v) is 6.96. The van der Waals surface area contributed by atoms with Gasteiger partial charge in [0.1, 0.15) is 5.60 Å². The minimum absolute atomic E-state index is 0.215.